The molecular formula is C15H21N3O2. The van der Waals surface area contributed by atoms with Crippen molar-refractivity contribution in [1.82, 2.24) is 15.2 Å². The molecule has 1 saturated heterocycles. The van der Waals surface area contributed by atoms with Gasteiger partial charge in [0.2, 0.25) is 11.8 Å². The monoisotopic (exact) mass is 275 g/mol. The molecule has 1 aromatic heterocycles. The predicted octanol–water partition coefficient (Wildman–Crippen LogP) is 1.28. The van der Waals surface area contributed by atoms with E-state index in [9.17, 15) is 9.59 Å². The molecule has 1 aliphatic carbocycles. The first-order chi connectivity index (χ1) is 9.74. The minimum absolute atomic E-state index is 0.0506. The third-order valence-corrected chi connectivity index (χ3v) is 4.16. The number of hydrogen-bond donors (Lipinski definition) is 2. The molecule has 2 aliphatic rings. The zero-order valence-electron chi connectivity index (χ0n) is 11.6. The van der Waals surface area contributed by atoms with Crippen molar-refractivity contribution in [2.24, 2.45) is 11.8 Å². The van der Waals surface area contributed by atoms with Crippen LogP contribution in [0.5, 0.6) is 0 Å². The standard InChI is InChI=1S/C15H21N3O2/c19-14(17-9-11-5-6-16-8-11)13-2-1-7-18(10-13)15(20)12-3-4-12/h5-6,8,12-13,16H,1-4,7,9-10H2,(H,17,19). The van der Waals surface area contributed by atoms with E-state index in [1.54, 1.807) is 0 Å². The third kappa shape index (κ3) is 3.03. The molecule has 5 nitrogen and oxygen atoms in total. The molecule has 0 bridgehead atoms. The van der Waals surface area contributed by atoms with E-state index in [2.05, 4.69) is 10.3 Å². The number of nitrogens with zero attached hydrogens (tertiary/aromatic N) is 1. The molecule has 2 fully saturated rings. The SMILES string of the molecule is O=C(NCc1cc[nH]c1)C1CCCN(C(=O)C2CC2)C1. The summed E-state index contributed by atoms with van der Waals surface area (Å²) in [6, 6.07) is 1.95. The van der Waals surface area contributed by atoms with Gasteiger partial charge in [0.25, 0.3) is 0 Å². The van der Waals surface area contributed by atoms with E-state index in [0.717, 1.165) is 37.8 Å². The van der Waals surface area contributed by atoms with Crippen LogP contribution in [0.4, 0.5) is 0 Å². The number of aromatic nitrogens is 1. The topological polar surface area (TPSA) is 65.2 Å². The number of nitrogens with one attached hydrogen (secondary N) is 2. The summed E-state index contributed by atoms with van der Waals surface area (Å²) in [6.07, 6.45) is 7.59. The lowest BCUT2D eigenvalue weighted by Crippen LogP contribution is -2.45. The van der Waals surface area contributed by atoms with Crippen LogP contribution in [0.25, 0.3) is 0 Å². The van der Waals surface area contributed by atoms with Gasteiger partial charge in [0, 0.05) is 37.9 Å². The molecule has 0 aromatic carbocycles. The van der Waals surface area contributed by atoms with Crippen molar-refractivity contribution in [1.29, 1.82) is 0 Å². The summed E-state index contributed by atoms with van der Waals surface area (Å²) in [6.45, 7) is 1.96. The molecule has 2 N–H and O–H groups in total. The summed E-state index contributed by atoms with van der Waals surface area (Å²) in [5, 5.41) is 2.96. The Balaban J connectivity index is 1.50. The van der Waals surface area contributed by atoms with E-state index in [0.29, 0.717) is 13.1 Å². The van der Waals surface area contributed by atoms with E-state index >= 15 is 0 Å². The minimum Gasteiger partial charge on any atom is -0.367 e. The maximum atomic E-state index is 12.2. The highest BCUT2D eigenvalue weighted by atomic mass is 16.2. The van der Waals surface area contributed by atoms with Gasteiger partial charge >= 0.3 is 0 Å². The second-order valence-electron chi connectivity index (χ2n) is 5.83. The lowest BCUT2D eigenvalue weighted by atomic mass is 9.96. The maximum Gasteiger partial charge on any atom is 0.225 e. The van der Waals surface area contributed by atoms with Crippen molar-refractivity contribution >= 4 is 11.8 Å². The summed E-state index contributed by atoms with van der Waals surface area (Å²) in [5.74, 6) is 0.523. The Hall–Kier alpha value is -1.78. The summed E-state index contributed by atoms with van der Waals surface area (Å²) >= 11 is 0. The van der Waals surface area contributed by atoms with Crippen LogP contribution in [0, 0.1) is 11.8 Å². The van der Waals surface area contributed by atoms with Gasteiger partial charge in [-0.15, -0.1) is 0 Å². The first-order valence-electron chi connectivity index (χ1n) is 7.42. The van der Waals surface area contributed by atoms with E-state index < -0.39 is 0 Å². The van der Waals surface area contributed by atoms with E-state index in [-0.39, 0.29) is 23.7 Å². The predicted molar refractivity (Wildman–Crippen MR) is 74.7 cm³/mol. The molecule has 1 aliphatic heterocycles. The highest BCUT2D eigenvalue weighted by molar-refractivity contribution is 5.83. The Morgan fingerprint density at radius 2 is 2.15 bits per heavy atom. The molecule has 1 saturated carbocycles. The first-order valence-corrected chi connectivity index (χ1v) is 7.42. The highest BCUT2D eigenvalue weighted by Gasteiger charge is 2.36. The average molecular weight is 275 g/mol. The Morgan fingerprint density at radius 3 is 2.85 bits per heavy atom. The average Bonchev–Trinajstić information content (AvgIpc) is 3.20. The van der Waals surface area contributed by atoms with Gasteiger partial charge in [0.05, 0.1) is 5.92 Å². The van der Waals surface area contributed by atoms with Gasteiger partial charge < -0.3 is 15.2 Å². The quantitative estimate of drug-likeness (QED) is 0.869. The molecule has 108 valence electrons. The Bertz CT molecular complexity index is 479. The lowest BCUT2D eigenvalue weighted by molar-refractivity contribution is -0.136. The van der Waals surface area contributed by atoms with Crippen LogP contribution >= 0.6 is 0 Å². The fourth-order valence-corrected chi connectivity index (χ4v) is 2.78. The molecular weight excluding hydrogens is 254 g/mol. The maximum absolute atomic E-state index is 12.2. The summed E-state index contributed by atoms with van der Waals surface area (Å²) in [7, 11) is 0. The van der Waals surface area contributed by atoms with Crippen LogP contribution in [-0.2, 0) is 16.1 Å². The van der Waals surface area contributed by atoms with Crippen molar-refractivity contribution in [3.05, 3.63) is 24.0 Å². The molecule has 3 rings (SSSR count). The fourth-order valence-electron chi connectivity index (χ4n) is 2.78. The minimum atomic E-state index is -0.0506. The van der Waals surface area contributed by atoms with Gasteiger partial charge in [0.15, 0.2) is 0 Å². The second kappa shape index (κ2) is 5.69. The Labute approximate surface area is 118 Å². The molecule has 1 aromatic rings. The number of carbonyl (C=O) groups is 2. The molecule has 2 heterocycles. The van der Waals surface area contributed by atoms with Crippen LogP contribution < -0.4 is 5.32 Å². The third-order valence-electron chi connectivity index (χ3n) is 4.16. The lowest BCUT2D eigenvalue weighted by Gasteiger charge is -2.32. The van der Waals surface area contributed by atoms with Gasteiger partial charge in [-0.3, -0.25) is 9.59 Å². The van der Waals surface area contributed by atoms with Crippen LogP contribution in [-0.4, -0.2) is 34.8 Å². The normalized spacial score (nSPS) is 22.6. The number of H-pyrrole nitrogens is 1. The first kappa shape index (κ1) is 13.2. The van der Waals surface area contributed by atoms with Crippen LogP contribution in [0.3, 0.4) is 0 Å². The largest absolute Gasteiger partial charge is 0.367 e. The molecule has 5 heteroatoms. The molecule has 0 radical (unpaired) electrons. The van der Waals surface area contributed by atoms with Gasteiger partial charge in [-0.2, -0.15) is 0 Å². The van der Waals surface area contributed by atoms with Crippen molar-refractivity contribution in [2.45, 2.75) is 32.2 Å². The summed E-state index contributed by atoms with van der Waals surface area (Å²) < 4.78 is 0. The fraction of sp³-hybridized carbons (Fsp3) is 0.600. The van der Waals surface area contributed by atoms with Crippen molar-refractivity contribution in [3.8, 4) is 0 Å². The molecule has 2 amide bonds. The molecule has 1 atom stereocenters. The van der Waals surface area contributed by atoms with Crippen molar-refractivity contribution in [2.75, 3.05) is 13.1 Å². The zero-order chi connectivity index (χ0) is 13.9. The zero-order valence-corrected chi connectivity index (χ0v) is 11.6. The summed E-state index contributed by atoms with van der Waals surface area (Å²) in [4.78, 5) is 29.1. The van der Waals surface area contributed by atoms with Crippen LogP contribution in [0.15, 0.2) is 18.5 Å². The van der Waals surface area contributed by atoms with Crippen LogP contribution in [0.2, 0.25) is 0 Å². The smallest absolute Gasteiger partial charge is 0.225 e. The number of hydrogen-bond acceptors (Lipinski definition) is 2. The molecule has 1 unspecified atom stereocenters. The van der Waals surface area contributed by atoms with E-state index in [4.69, 9.17) is 0 Å². The van der Waals surface area contributed by atoms with Crippen LogP contribution in [0.1, 0.15) is 31.2 Å². The summed E-state index contributed by atoms with van der Waals surface area (Å²) in [5.41, 5.74) is 1.07. The van der Waals surface area contributed by atoms with E-state index in [1.165, 1.54) is 0 Å². The number of carbonyl (C=O) groups excluding carboxylic acids is 2. The number of piperidine rings is 1. The number of amides is 2. The van der Waals surface area contributed by atoms with Crippen molar-refractivity contribution < 1.29 is 9.59 Å². The van der Waals surface area contributed by atoms with Gasteiger partial charge in [-0.1, -0.05) is 0 Å². The highest BCUT2D eigenvalue weighted by Crippen LogP contribution is 2.32. The second-order valence-corrected chi connectivity index (χ2v) is 5.83. The number of rotatable bonds is 4. The Kier molecular flexibility index (Phi) is 3.76. The Morgan fingerprint density at radius 1 is 1.30 bits per heavy atom. The van der Waals surface area contributed by atoms with Gasteiger partial charge in [-0.05, 0) is 37.3 Å². The molecule has 0 spiro atoms. The number of aromatic amines is 1. The van der Waals surface area contributed by atoms with Crippen molar-refractivity contribution in [3.63, 3.8) is 0 Å². The van der Waals surface area contributed by atoms with Gasteiger partial charge in [-0.25, -0.2) is 0 Å². The van der Waals surface area contributed by atoms with Gasteiger partial charge in [0.1, 0.15) is 0 Å². The number of likely N-dealkylation sites (tertiary alicyclic amines) is 1. The molecule has 20 heavy (non-hydrogen) atoms. The van der Waals surface area contributed by atoms with E-state index in [1.807, 2.05) is 23.4 Å².